The molecule has 2 aromatic heterocycles. The van der Waals surface area contributed by atoms with Crippen LogP contribution in [0.2, 0.25) is 5.02 Å². The van der Waals surface area contributed by atoms with Gasteiger partial charge in [-0.3, -0.25) is 14.2 Å². The van der Waals surface area contributed by atoms with Crippen molar-refractivity contribution in [1.29, 1.82) is 0 Å². The van der Waals surface area contributed by atoms with Crippen LogP contribution in [0.25, 0.3) is 20.7 Å². The summed E-state index contributed by atoms with van der Waals surface area (Å²) < 4.78 is 1.96. The van der Waals surface area contributed by atoms with Gasteiger partial charge in [-0.05, 0) is 41.3 Å². The Morgan fingerprint density at radius 1 is 1.10 bits per heavy atom. The van der Waals surface area contributed by atoms with Crippen LogP contribution in [0.15, 0.2) is 65.7 Å². The maximum absolute atomic E-state index is 13.0. The largest absolute Gasteiger partial charge is 0.336 e. The molecule has 0 spiro atoms. The lowest BCUT2D eigenvalue weighted by Crippen LogP contribution is -2.39. The molecule has 0 saturated carbocycles. The predicted octanol–water partition coefficient (Wildman–Crippen LogP) is 4.36. The maximum atomic E-state index is 13.0. The third kappa shape index (κ3) is 3.53. The topological polar surface area (TPSA) is 55.2 Å². The monoisotopic (exact) mass is 435 g/mol. The number of aromatic nitrogens is 2. The average molecular weight is 436 g/mol. The summed E-state index contributed by atoms with van der Waals surface area (Å²) >= 11 is 7.35. The Balaban J connectivity index is 1.40. The summed E-state index contributed by atoms with van der Waals surface area (Å²) in [6.07, 6.45) is 2.31. The standard InChI is InChI=1S/C23H18ClN3O2S/c24-18-7-5-16(6-8-18)20-11-19-22(30-20)23(29)27(14-25-19)13-21(28)26-10-9-15-3-1-2-4-17(15)12-26/h1-8,11,14H,9-10,12-13H2. The van der Waals surface area contributed by atoms with E-state index < -0.39 is 0 Å². The molecular formula is C23H18ClN3O2S. The Bertz CT molecular complexity index is 1310. The molecule has 0 radical (unpaired) electrons. The van der Waals surface area contributed by atoms with E-state index in [0.717, 1.165) is 16.9 Å². The number of halogens is 1. The van der Waals surface area contributed by atoms with E-state index in [1.807, 2.05) is 47.4 Å². The number of hydrogen-bond acceptors (Lipinski definition) is 4. The van der Waals surface area contributed by atoms with Crippen LogP contribution in [-0.2, 0) is 24.3 Å². The third-order valence-corrected chi connectivity index (χ3v) is 6.83. The van der Waals surface area contributed by atoms with Gasteiger partial charge in [-0.15, -0.1) is 11.3 Å². The summed E-state index contributed by atoms with van der Waals surface area (Å²) in [6, 6.07) is 17.6. The van der Waals surface area contributed by atoms with E-state index in [1.165, 1.54) is 33.4 Å². The minimum absolute atomic E-state index is 0.00187. The van der Waals surface area contributed by atoms with Gasteiger partial charge in [0.2, 0.25) is 5.91 Å². The van der Waals surface area contributed by atoms with Crippen molar-refractivity contribution in [2.45, 2.75) is 19.5 Å². The van der Waals surface area contributed by atoms with Crippen molar-refractivity contribution in [2.75, 3.05) is 6.54 Å². The van der Waals surface area contributed by atoms with Crippen LogP contribution in [0.3, 0.4) is 0 Å². The third-order valence-electron chi connectivity index (χ3n) is 5.42. The zero-order valence-corrected chi connectivity index (χ0v) is 17.6. The Labute approximate surface area is 182 Å². The van der Waals surface area contributed by atoms with E-state index in [2.05, 4.69) is 17.1 Å². The fraction of sp³-hybridized carbons (Fsp3) is 0.174. The molecule has 1 aliphatic rings. The Hall–Kier alpha value is -2.96. The van der Waals surface area contributed by atoms with Gasteiger partial charge in [0.05, 0.1) is 11.8 Å². The highest BCUT2D eigenvalue weighted by Gasteiger charge is 2.21. The lowest BCUT2D eigenvalue weighted by Gasteiger charge is -2.29. The second kappa shape index (κ2) is 7.70. The quantitative estimate of drug-likeness (QED) is 0.480. The SMILES string of the molecule is O=C(Cn1cnc2cc(-c3ccc(Cl)cc3)sc2c1=O)N1CCc2ccccc2C1. The lowest BCUT2D eigenvalue weighted by molar-refractivity contribution is -0.132. The van der Waals surface area contributed by atoms with Crippen molar-refractivity contribution in [1.82, 2.24) is 14.5 Å². The van der Waals surface area contributed by atoms with Crippen LogP contribution in [-0.4, -0.2) is 26.9 Å². The highest BCUT2D eigenvalue weighted by Crippen LogP contribution is 2.31. The molecule has 3 heterocycles. The van der Waals surface area contributed by atoms with Crippen LogP contribution >= 0.6 is 22.9 Å². The molecule has 1 aliphatic heterocycles. The Morgan fingerprint density at radius 3 is 2.67 bits per heavy atom. The van der Waals surface area contributed by atoms with Gasteiger partial charge in [-0.2, -0.15) is 0 Å². The molecule has 1 amide bonds. The number of benzene rings is 2. The molecule has 0 atom stereocenters. The highest BCUT2D eigenvalue weighted by molar-refractivity contribution is 7.22. The zero-order chi connectivity index (χ0) is 20.7. The average Bonchev–Trinajstić information content (AvgIpc) is 3.21. The molecule has 0 bridgehead atoms. The van der Waals surface area contributed by atoms with Gasteiger partial charge in [0.1, 0.15) is 11.2 Å². The molecule has 0 unspecified atom stereocenters. The molecule has 150 valence electrons. The van der Waals surface area contributed by atoms with Gasteiger partial charge in [0.15, 0.2) is 0 Å². The van der Waals surface area contributed by atoms with E-state index in [1.54, 1.807) is 0 Å². The minimum atomic E-state index is -0.184. The number of carbonyl (C=O) groups is 1. The predicted molar refractivity (Wildman–Crippen MR) is 120 cm³/mol. The summed E-state index contributed by atoms with van der Waals surface area (Å²) in [5.74, 6) is -0.0674. The normalized spacial score (nSPS) is 13.4. The number of nitrogens with zero attached hydrogens (tertiary/aromatic N) is 3. The van der Waals surface area contributed by atoms with Crippen molar-refractivity contribution in [3.63, 3.8) is 0 Å². The van der Waals surface area contributed by atoms with Crippen molar-refractivity contribution in [3.05, 3.63) is 87.4 Å². The molecule has 0 fully saturated rings. The number of fused-ring (bicyclic) bond motifs is 2. The van der Waals surface area contributed by atoms with Gasteiger partial charge in [-0.1, -0.05) is 48.0 Å². The second-order valence-corrected chi connectivity index (χ2v) is 8.83. The van der Waals surface area contributed by atoms with Gasteiger partial charge in [0, 0.05) is 23.0 Å². The first kappa shape index (κ1) is 19.0. The number of hydrogen-bond donors (Lipinski definition) is 0. The second-order valence-electron chi connectivity index (χ2n) is 7.34. The summed E-state index contributed by atoms with van der Waals surface area (Å²) in [5, 5.41) is 0.666. The molecule has 5 rings (SSSR count). The molecule has 30 heavy (non-hydrogen) atoms. The molecule has 0 N–H and O–H groups in total. The molecule has 7 heteroatoms. The van der Waals surface area contributed by atoms with Crippen molar-refractivity contribution >= 4 is 39.1 Å². The maximum Gasteiger partial charge on any atom is 0.271 e. The van der Waals surface area contributed by atoms with Gasteiger partial charge >= 0.3 is 0 Å². The summed E-state index contributed by atoms with van der Waals surface area (Å²) in [6.45, 7) is 1.25. The molecule has 2 aromatic carbocycles. The first-order chi connectivity index (χ1) is 14.6. The van der Waals surface area contributed by atoms with E-state index >= 15 is 0 Å². The minimum Gasteiger partial charge on any atom is -0.336 e. The number of amides is 1. The summed E-state index contributed by atoms with van der Waals surface area (Å²) in [4.78, 5) is 33.0. The van der Waals surface area contributed by atoms with E-state index in [-0.39, 0.29) is 18.0 Å². The molecular weight excluding hydrogens is 418 g/mol. The van der Waals surface area contributed by atoms with Crippen LogP contribution in [0.4, 0.5) is 0 Å². The smallest absolute Gasteiger partial charge is 0.271 e. The summed E-state index contributed by atoms with van der Waals surface area (Å²) in [5.41, 5.74) is 3.90. The van der Waals surface area contributed by atoms with Crippen molar-refractivity contribution < 1.29 is 4.79 Å². The van der Waals surface area contributed by atoms with Crippen LogP contribution in [0.1, 0.15) is 11.1 Å². The Morgan fingerprint density at radius 2 is 1.87 bits per heavy atom. The van der Waals surface area contributed by atoms with Crippen LogP contribution < -0.4 is 5.56 Å². The Kier molecular flexibility index (Phi) is 4.89. The van der Waals surface area contributed by atoms with E-state index in [0.29, 0.717) is 28.3 Å². The zero-order valence-electron chi connectivity index (χ0n) is 16.0. The number of thiophene rings is 1. The first-order valence-electron chi connectivity index (χ1n) is 9.68. The van der Waals surface area contributed by atoms with Crippen molar-refractivity contribution in [2.24, 2.45) is 0 Å². The van der Waals surface area contributed by atoms with E-state index in [4.69, 9.17) is 11.6 Å². The van der Waals surface area contributed by atoms with Crippen LogP contribution in [0, 0.1) is 0 Å². The fourth-order valence-electron chi connectivity index (χ4n) is 3.77. The lowest BCUT2D eigenvalue weighted by atomic mass is 10.00. The molecule has 0 saturated heterocycles. The van der Waals surface area contributed by atoms with Crippen molar-refractivity contribution in [3.8, 4) is 10.4 Å². The molecule has 4 aromatic rings. The molecule has 5 nitrogen and oxygen atoms in total. The molecule has 0 aliphatic carbocycles. The van der Waals surface area contributed by atoms with Gasteiger partial charge in [0.25, 0.3) is 5.56 Å². The number of rotatable bonds is 3. The first-order valence-corrected chi connectivity index (χ1v) is 10.9. The van der Waals surface area contributed by atoms with Gasteiger partial charge < -0.3 is 4.90 Å². The van der Waals surface area contributed by atoms with E-state index in [9.17, 15) is 9.59 Å². The summed E-state index contributed by atoms with van der Waals surface area (Å²) in [7, 11) is 0. The van der Waals surface area contributed by atoms with Gasteiger partial charge in [-0.25, -0.2) is 4.98 Å². The van der Waals surface area contributed by atoms with Crippen LogP contribution in [0.5, 0.6) is 0 Å². The highest BCUT2D eigenvalue weighted by atomic mass is 35.5. The fourth-order valence-corrected chi connectivity index (χ4v) is 4.96. The number of carbonyl (C=O) groups excluding carboxylic acids is 1.